The Morgan fingerprint density at radius 1 is 1.11 bits per heavy atom. The molecule has 1 aliphatic heterocycles. The number of nitrogens with zero attached hydrogens (tertiary/aromatic N) is 1. The largest absolute Gasteiger partial charge is 0.484 e. The molecule has 148 valence electrons. The van der Waals surface area contributed by atoms with Crippen molar-refractivity contribution < 1.29 is 18.7 Å². The van der Waals surface area contributed by atoms with Gasteiger partial charge in [0.15, 0.2) is 6.61 Å². The highest BCUT2D eigenvalue weighted by Gasteiger charge is 2.24. The van der Waals surface area contributed by atoms with Crippen molar-refractivity contribution in [2.45, 2.75) is 32.7 Å². The molecule has 5 nitrogen and oxygen atoms in total. The molecule has 0 aromatic heterocycles. The van der Waals surface area contributed by atoms with Crippen LogP contribution in [-0.2, 0) is 4.79 Å². The Balaban J connectivity index is 1.44. The fraction of sp³-hybridized carbons (Fsp3) is 0.364. The molecule has 2 aromatic carbocycles. The van der Waals surface area contributed by atoms with Gasteiger partial charge in [0.2, 0.25) is 0 Å². The van der Waals surface area contributed by atoms with Crippen LogP contribution in [0.2, 0.25) is 0 Å². The van der Waals surface area contributed by atoms with E-state index in [-0.39, 0.29) is 24.5 Å². The molecule has 0 atom stereocenters. The summed E-state index contributed by atoms with van der Waals surface area (Å²) in [6.07, 6.45) is 1.33. The van der Waals surface area contributed by atoms with E-state index in [1.54, 1.807) is 11.0 Å². The molecule has 1 heterocycles. The van der Waals surface area contributed by atoms with Gasteiger partial charge in [-0.05, 0) is 68.1 Å². The van der Waals surface area contributed by atoms with Crippen molar-refractivity contribution >= 4 is 11.8 Å². The number of aryl methyl sites for hydroxylation is 2. The number of hydrogen-bond donors (Lipinski definition) is 1. The van der Waals surface area contributed by atoms with Gasteiger partial charge in [-0.25, -0.2) is 4.39 Å². The van der Waals surface area contributed by atoms with Gasteiger partial charge < -0.3 is 15.0 Å². The second-order valence-corrected chi connectivity index (χ2v) is 7.17. The molecule has 0 unspecified atom stereocenters. The topological polar surface area (TPSA) is 58.6 Å². The molecule has 2 aromatic rings. The van der Waals surface area contributed by atoms with Crippen molar-refractivity contribution in [1.29, 1.82) is 0 Å². The van der Waals surface area contributed by atoms with Gasteiger partial charge in [0.1, 0.15) is 11.6 Å². The number of benzene rings is 2. The number of nitrogens with one attached hydrogen (secondary N) is 1. The van der Waals surface area contributed by atoms with Gasteiger partial charge in [-0.15, -0.1) is 0 Å². The van der Waals surface area contributed by atoms with Crippen LogP contribution in [0.15, 0.2) is 42.5 Å². The summed E-state index contributed by atoms with van der Waals surface area (Å²) in [5.74, 6) is -0.0963. The van der Waals surface area contributed by atoms with E-state index in [2.05, 4.69) is 5.32 Å². The van der Waals surface area contributed by atoms with E-state index in [0.717, 1.165) is 5.56 Å². The van der Waals surface area contributed by atoms with Crippen LogP contribution in [0.4, 0.5) is 4.39 Å². The minimum Gasteiger partial charge on any atom is -0.484 e. The molecule has 0 saturated carbocycles. The van der Waals surface area contributed by atoms with Gasteiger partial charge in [0.05, 0.1) is 0 Å². The number of carbonyl (C=O) groups excluding carboxylic acids is 2. The second kappa shape index (κ2) is 8.87. The molecule has 0 aliphatic carbocycles. The van der Waals surface area contributed by atoms with E-state index in [1.807, 2.05) is 32.0 Å². The number of likely N-dealkylation sites (tertiary alicyclic amines) is 1. The summed E-state index contributed by atoms with van der Waals surface area (Å²) in [5.41, 5.74) is 2.61. The Kier molecular flexibility index (Phi) is 6.29. The minimum atomic E-state index is -0.433. The smallest absolute Gasteiger partial charge is 0.260 e. The summed E-state index contributed by atoms with van der Waals surface area (Å²) in [6, 6.07) is 11.4. The SMILES string of the molecule is Cc1ccc(OCC(=O)N2CCC(NC(=O)c3cccc(F)c3)CC2)cc1C. The predicted molar refractivity (Wildman–Crippen MR) is 105 cm³/mol. The Labute approximate surface area is 164 Å². The lowest BCUT2D eigenvalue weighted by molar-refractivity contribution is -0.134. The van der Waals surface area contributed by atoms with Crippen LogP contribution in [0.1, 0.15) is 34.3 Å². The van der Waals surface area contributed by atoms with Crippen LogP contribution in [-0.4, -0.2) is 42.5 Å². The van der Waals surface area contributed by atoms with Crippen molar-refractivity contribution in [3.8, 4) is 5.75 Å². The van der Waals surface area contributed by atoms with E-state index in [9.17, 15) is 14.0 Å². The lowest BCUT2D eigenvalue weighted by Gasteiger charge is -2.32. The lowest BCUT2D eigenvalue weighted by atomic mass is 10.0. The number of rotatable bonds is 5. The van der Waals surface area contributed by atoms with Gasteiger partial charge >= 0.3 is 0 Å². The molecule has 1 fully saturated rings. The average Bonchev–Trinajstić information content (AvgIpc) is 2.69. The van der Waals surface area contributed by atoms with E-state index in [1.165, 1.54) is 23.8 Å². The summed E-state index contributed by atoms with van der Waals surface area (Å²) in [5, 5.41) is 2.92. The Morgan fingerprint density at radius 3 is 2.54 bits per heavy atom. The third kappa shape index (κ3) is 5.09. The van der Waals surface area contributed by atoms with E-state index < -0.39 is 5.82 Å². The normalized spacial score (nSPS) is 14.6. The fourth-order valence-electron chi connectivity index (χ4n) is 3.21. The fourth-order valence-corrected chi connectivity index (χ4v) is 3.21. The van der Waals surface area contributed by atoms with E-state index in [0.29, 0.717) is 37.2 Å². The van der Waals surface area contributed by atoms with Crippen LogP contribution in [0.3, 0.4) is 0 Å². The standard InChI is InChI=1S/C22H25FN2O3/c1-15-6-7-20(12-16(15)2)28-14-21(26)25-10-8-19(9-11-25)24-22(27)17-4-3-5-18(23)13-17/h3-7,12-13,19H,8-11,14H2,1-2H3,(H,24,27). The summed E-state index contributed by atoms with van der Waals surface area (Å²) in [6.45, 7) is 5.16. The van der Waals surface area contributed by atoms with Gasteiger partial charge in [0, 0.05) is 24.7 Å². The van der Waals surface area contributed by atoms with Crippen LogP contribution in [0.5, 0.6) is 5.75 Å². The molecule has 0 spiro atoms. The summed E-state index contributed by atoms with van der Waals surface area (Å²) < 4.78 is 18.9. The number of halogens is 1. The maximum absolute atomic E-state index is 13.2. The monoisotopic (exact) mass is 384 g/mol. The Morgan fingerprint density at radius 2 is 1.86 bits per heavy atom. The van der Waals surface area contributed by atoms with Crippen molar-refractivity contribution in [1.82, 2.24) is 10.2 Å². The van der Waals surface area contributed by atoms with Crippen LogP contribution < -0.4 is 10.1 Å². The number of ether oxygens (including phenoxy) is 1. The van der Waals surface area contributed by atoms with Crippen molar-refractivity contribution in [2.75, 3.05) is 19.7 Å². The number of carbonyl (C=O) groups is 2. The first-order valence-corrected chi connectivity index (χ1v) is 9.46. The lowest BCUT2D eigenvalue weighted by Crippen LogP contribution is -2.47. The summed E-state index contributed by atoms with van der Waals surface area (Å²) >= 11 is 0. The zero-order valence-electron chi connectivity index (χ0n) is 16.2. The maximum atomic E-state index is 13.2. The molecule has 28 heavy (non-hydrogen) atoms. The van der Waals surface area contributed by atoms with E-state index >= 15 is 0 Å². The molecule has 1 aliphatic rings. The predicted octanol–water partition coefficient (Wildman–Crippen LogP) is 3.24. The highest BCUT2D eigenvalue weighted by molar-refractivity contribution is 5.94. The van der Waals surface area contributed by atoms with Crippen LogP contribution in [0, 0.1) is 19.7 Å². The quantitative estimate of drug-likeness (QED) is 0.861. The first kappa shape index (κ1) is 19.9. The first-order valence-electron chi connectivity index (χ1n) is 9.46. The average molecular weight is 384 g/mol. The van der Waals surface area contributed by atoms with Crippen molar-refractivity contribution in [2.24, 2.45) is 0 Å². The molecule has 1 N–H and O–H groups in total. The third-order valence-corrected chi connectivity index (χ3v) is 5.11. The molecule has 6 heteroatoms. The van der Waals surface area contributed by atoms with Gasteiger partial charge in [-0.1, -0.05) is 12.1 Å². The van der Waals surface area contributed by atoms with Gasteiger partial charge in [-0.3, -0.25) is 9.59 Å². The maximum Gasteiger partial charge on any atom is 0.260 e. The van der Waals surface area contributed by atoms with Crippen LogP contribution in [0.25, 0.3) is 0 Å². The number of piperidine rings is 1. The Bertz CT molecular complexity index is 861. The molecule has 3 rings (SSSR count). The highest BCUT2D eigenvalue weighted by atomic mass is 19.1. The molecule has 0 radical (unpaired) electrons. The Hall–Kier alpha value is -2.89. The molecule has 0 bridgehead atoms. The second-order valence-electron chi connectivity index (χ2n) is 7.17. The minimum absolute atomic E-state index is 0.00280. The van der Waals surface area contributed by atoms with Crippen LogP contribution >= 0.6 is 0 Å². The van der Waals surface area contributed by atoms with E-state index in [4.69, 9.17) is 4.74 Å². The zero-order valence-corrected chi connectivity index (χ0v) is 16.2. The third-order valence-electron chi connectivity index (χ3n) is 5.11. The summed E-state index contributed by atoms with van der Waals surface area (Å²) in [7, 11) is 0. The van der Waals surface area contributed by atoms with Crippen molar-refractivity contribution in [3.05, 3.63) is 65.0 Å². The van der Waals surface area contributed by atoms with Gasteiger partial charge in [0.25, 0.3) is 11.8 Å². The molecular formula is C22H25FN2O3. The first-order chi connectivity index (χ1) is 13.4. The highest BCUT2D eigenvalue weighted by Crippen LogP contribution is 2.17. The molecule has 1 saturated heterocycles. The zero-order chi connectivity index (χ0) is 20.1. The number of amides is 2. The van der Waals surface area contributed by atoms with Crippen molar-refractivity contribution in [3.63, 3.8) is 0 Å². The molecule has 2 amide bonds. The van der Waals surface area contributed by atoms with Gasteiger partial charge in [-0.2, -0.15) is 0 Å². The molecular weight excluding hydrogens is 359 g/mol. The number of hydrogen-bond acceptors (Lipinski definition) is 3. The summed E-state index contributed by atoms with van der Waals surface area (Å²) in [4.78, 5) is 26.4.